The highest BCUT2D eigenvalue weighted by Gasteiger charge is 2.07. The quantitative estimate of drug-likeness (QED) is 0.846. The average molecular weight is 291 g/mol. The fraction of sp³-hybridized carbons (Fsp3) is 0.364. The van der Waals surface area contributed by atoms with Gasteiger partial charge in [0.15, 0.2) is 0 Å². The second-order valence-electron chi connectivity index (χ2n) is 3.40. The zero-order valence-electron chi connectivity index (χ0n) is 8.73. The van der Waals surface area contributed by atoms with Gasteiger partial charge in [0, 0.05) is 22.5 Å². The van der Waals surface area contributed by atoms with Crippen LogP contribution in [-0.4, -0.2) is 11.8 Å². The highest BCUT2D eigenvalue weighted by atomic mass is 79.9. The molecular formula is C11H13BrClNO. The molecule has 0 saturated carbocycles. The van der Waals surface area contributed by atoms with Gasteiger partial charge in [0.05, 0.1) is 0 Å². The third-order valence-electron chi connectivity index (χ3n) is 2.08. The van der Waals surface area contributed by atoms with Crippen molar-refractivity contribution in [2.45, 2.75) is 20.3 Å². The number of benzene rings is 1. The van der Waals surface area contributed by atoms with Crippen molar-refractivity contribution in [3.63, 3.8) is 0 Å². The van der Waals surface area contributed by atoms with Gasteiger partial charge >= 0.3 is 0 Å². The summed E-state index contributed by atoms with van der Waals surface area (Å²) >= 11 is 8.91. The molecule has 1 aromatic carbocycles. The summed E-state index contributed by atoms with van der Waals surface area (Å²) < 4.78 is 1.02. The van der Waals surface area contributed by atoms with Gasteiger partial charge in [-0.15, -0.1) is 11.6 Å². The van der Waals surface area contributed by atoms with E-state index >= 15 is 0 Å². The Balaban J connectivity index is 2.90. The van der Waals surface area contributed by atoms with Gasteiger partial charge in [-0.3, -0.25) is 4.79 Å². The molecule has 0 bridgehead atoms. The Bertz CT molecular complexity index is 356. The molecule has 1 N–H and O–H groups in total. The van der Waals surface area contributed by atoms with Gasteiger partial charge in [0.1, 0.15) is 0 Å². The van der Waals surface area contributed by atoms with Gasteiger partial charge in [-0.2, -0.15) is 0 Å². The van der Waals surface area contributed by atoms with Gasteiger partial charge in [-0.1, -0.05) is 15.9 Å². The number of hydrogen-bond donors (Lipinski definition) is 1. The van der Waals surface area contributed by atoms with Crippen LogP contribution in [0.3, 0.4) is 0 Å². The molecule has 0 fully saturated rings. The lowest BCUT2D eigenvalue weighted by molar-refractivity contribution is -0.115. The van der Waals surface area contributed by atoms with E-state index in [1.165, 1.54) is 0 Å². The van der Waals surface area contributed by atoms with Crippen molar-refractivity contribution in [3.8, 4) is 0 Å². The summed E-state index contributed by atoms with van der Waals surface area (Å²) in [6.45, 7) is 3.93. The molecule has 0 saturated heterocycles. The number of nitrogens with one attached hydrogen (secondary N) is 1. The van der Waals surface area contributed by atoms with Gasteiger partial charge in [0.2, 0.25) is 5.91 Å². The van der Waals surface area contributed by atoms with Crippen LogP contribution in [0.4, 0.5) is 5.69 Å². The summed E-state index contributed by atoms with van der Waals surface area (Å²) in [6.07, 6.45) is 0.344. The third kappa shape index (κ3) is 3.50. The Kier molecular flexibility index (Phi) is 4.61. The van der Waals surface area contributed by atoms with Gasteiger partial charge in [-0.25, -0.2) is 0 Å². The van der Waals surface area contributed by atoms with Crippen LogP contribution in [-0.2, 0) is 4.79 Å². The molecule has 0 aliphatic rings. The summed E-state index contributed by atoms with van der Waals surface area (Å²) in [7, 11) is 0. The largest absolute Gasteiger partial charge is 0.326 e. The van der Waals surface area contributed by atoms with E-state index < -0.39 is 0 Å². The second-order valence-corrected chi connectivity index (χ2v) is 4.70. The van der Waals surface area contributed by atoms with Crippen molar-refractivity contribution in [1.82, 2.24) is 0 Å². The fourth-order valence-electron chi connectivity index (χ4n) is 1.40. The lowest BCUT2D eigenvalue weighted by atomic mass is 10.1. The van der Waals surface area contributed by atoms with E-state index in [4.69, 9.17) is 11.6 Å². The predicted molar refractivity (Wildman–Crippen MR) is 67.6 cm³/mol. The number of carbonyl (C=O) groups excluding carboxylic acids is 1. The van der Waals surface area contributed by atoms with E-state index in [1.807, 2.05) is 26.0 Å². The summed E-state index contributed by atoms with van der Waals surface area (Å²) in [4.78, 5) is 11.4. The number of aryl methyl sites for hydroxylation is 2. The SMILES string of the molecule is Cc1cc(Br)cc(C)c1NC(=O)CCCl. The zero-order chi connectivity index (χ0) is 11.4. The molecule has 0 aliphatic heterocycles. The number of halogens is 2. The number of alkyl halides is 1. The van der Waals surface area contributed by atoms with Gasteiger partial charge < -0.3 is 5.32 Å². The summed E-state index contributed by atoms with van der Waals surface area (Å²) in [6, 6.07) is 3.95. The maximum atomic E-state index is 11.4. The molecule has 15 heavy (non-hydrogen) atoms. The third-order valence-corrected chi connectivity index (χ3v) is 2.73. The molecule has 82 valence electrons. The van der Waals surface area contributed by atoms with Crippen LogP contribution in [0.25, 0.3) is 0 Å². The van der Waals surface area contributed by atoms with Crippen molar-refractivity contribution < 1.29 is 4.79 Å². The summed E-state index contributed by atoms with van der Waals surface area (Å²) in [5, 5.41) is 2.86. The molecule has 0 aromatic heterocycles. The lowest BCUT2D eigenvalue weighted by Gasteiger charge is -2.11. The minimum Gasteiger partial charge on any atom is -0.326 e. The van der Waals surface area contributed by atoms with Crippen molar-refractivity contribution in [2.24, 2.45) is 0 Å². The van der Waals surface area contributed by atoms with Crippen LogP contribution in [0.2, 0.25) is 0 Å². The molecular weight excluding hydrogens is 277 g/mol. The average Bonchev–Trinajstić information content (AvgIpc) is 2.11. The monoisotopic (exact) mass is 289 g/mol. The highest BCUT2D eigenvalue weighted by molar-refractivity contribution is 9.10. The van der Waals surface area contributed by atoms with Gasteiger partial charge in [-0.05, 0) is 37.1 Å². The number of amides is 1. The molecule has 0 radical (unpaired) electrons. The highest BCUT2D eigenvalue weighted by Crippen LogP contribution is 2.25. The van der Waals surface area contributed by atoms with Crippen LogP contribution in [0.1, 0.15) is 17.5 Å². The minimum atomic E-state index is -0.0430. The fourth-order valence-corrected chi connectivity index (χ4v) is 2.25. The first-order valence-corrected chi connectivity index (χ1v) is 6.00. The molecule has 0 spiro atoms. The molecule has 0 aliphatic carbocycles. The summed E-state index contributed by atoms with van der Waals surface area (Å²) in [5.74, 6) is 0.305. The molecule has 1 rings (SSSR count). The van der Waals surface area contributed by atoms with Crippen molar-refractivity contribution in [1.29, 1.82) is 0 Å². The standard InChI is InChI=1S/C11H13BrClNO/c1-7-5-9(12)6-8(2)11(7)14-10(15)3-4-13/h5-6H,3-4H2,1-2H3,(H,14,15). The Morgan fingerprint density at radius 3 is 2.40 bits per heavy atom. The molecule has 4 heteroatoms. The maximum Gasteiger partial charge on any atom is 0.225 e. The van der Waals surface area contributed by atoms with Crippen molar-refractivity contribution in [2.75, 3.05) is 11.2 Å². The summed E-state index contributed by atoms with van der Waals surface area (Å²) in [5.41, 5.74) is 2.97. The first-order chi connectivity index (χ1) is 7.04. The number of anilines is 1. The zero-order valence-corrected chi connectivity index (χ0v) is 11.1. The van der Waals surface area contributed by atoms with E-state index in [0.29, 0.717) is 12.3 Å². The molecule has 1 amide bonds. The first kappa shape index (κ1) is 12.5. The van der Waals surface area contributed by atoms with Crippen LogP contribution >= 0.6 is 27.5 Å². The maximum absolute atomic E-state index is 11.4. The number of carbonyl (C=O) groups is 1. The second kappa shape index (κ2) is 5.52. The van der Waals surface area contributed by atoms with Crippen molar-refractivity contribution in [3.05, 3.63) is 27.7 Å². The Morgan fingerprint density at radius 2 is 1.93 bits per heavy atom. The van der Waals surface area contributed by atoms with Crippen LogP contribution in [0.5, 0.6) is 0 Å². The van der Waals surface area contributed by atoms with E-state index in [9.17, 15) is 4.79 Å². The van der Waals surface area contributed by atoms with Crippen LogP contribution in [0, 0.1) is 13.8 Å². The molecule has 1 aromatic rings. The van der Waals surface area contributed by atoms with E-state index in [-0.39, 0.29) is 5.91 Å². The number of hydrogen-bond acceptors (Lipinski definition) is 1. The van der Waals surface area contributed by atoms with Gasteiger partial charge in [0.25, 0.3) is 0 Å². The van der Waals surface area contributed by atoms with Crippen LogP contribution in [0.15, 0.2) is 16.6 Å². The van der Waals surface area contributed by atoms with Crippen LogP contribution < -0.4 is 5.32 Å². The topological polar surface area (TPSA) is 29.1 Å². The molecule has 2 nitrogen and oxygen atoms in total. The molecule has 0 heterocycles. The molecule has 0 unspecified atom stereocenters. The minimum absolute atomic E-state index is 0.0430. The normalized spacial score (nSPS) is 10.1. The lowest BCUT2D eigenvalue weighted by Crippen LogP contribution is -2.13. The Labute approximate surface area is 103 Å². The Hall–Kier alpha value is -0.540. The van der Waals surface area contributed by atoms with Crippen molar-refractivity contribution >= 4 is 39.1 Å². The van der Waals surface area contributed by atoms with E-state index in [1.54, 1.807) is 0 Å². The Morgan fingerprint density at radius 1 is 1.40 bits per heavy atom. The van der Waals surface area contributed by atoms with E-state index in [2.05, 4.69) is 21.2 Å². The molecule has 0 atom stereocenters. The number of rotatable bonds is 3. The van der Waals surface area contributed by atoms with E-state index in [0.717, 1.165) is 21.3 Å². The first-order valence-electron chi connectivity index (χ1n) is 4.67. The smallest absolute Gasteiger partial charge is 0.225 e. The predicted octanol–water partition coefficient (Wildman–Crippen LogP) is 3.63.